The number of alkyl halides is 3. The van der Waals surface area contributed by atoms with Gasteiger partial charge in [-0.2, -0.15) is 13.2 Å². The summed E-state index contributed by atoms with van der Waals surface area (Å²) in [6.45, 7) is 0. The van der Waals surface area contributed by atoms with Crippen molar-refractivity contribution >= 4 is 15.9 Å². The molecule has 0 spiro atoms. The summed E-state index contributed by atoms with van der Waals surface area (Å²) in [5.74, 6) is -1.18. The number of benzene rings is 1. The van der Waals surface area contributed by atoms with E-state index in [-0.39, 0.29) is 12.8 Å². The van der Waals surface area contributed by atoms with Crippen molar-refractivity contribution in [3.63, 3.8) is 0 Å². The predicted molar refractivity (Wildman–Crippen MR) is 72.8 cm³/mol. The largest absolute Gasteiger partial charge is 0.391 e. The SMILES string of the molecule is NC1(Cc2ccccc2Br)CCC(C(F)(F)F)CC1. The molecule has 1 nitrogen and oxygen atoms in total. The van der Waals surface area contributed by atoms with Gasteiger partial charge in [-0.05, 0) is 43.7 Å². The minimum Gasteiger partial charge on any atom is -0.325 e. The second kappa shape index (κ2) is 5.44. The Kier molecular flexibility index (Phi) is 4.26. The topological polar surface area (TPSA) is 26.0 Å². The molecular formula is C14H17BrF3N. The van der Waals surface area contributed by atoms with Crippen molar-refractivity contribution in [3.8, 4) is 0 Å². The summed E-state index contributed by atoms with van der Waals surface area (Å²) in [6.07, 6.45) is -2.31. The molecule has 1 aromatic rings. The molecule has 1 aliphatic carbocycles. The highest BCUT2D eigenvalue weighted by atomic mass is 79.9. The lowest BCUT2D eigenvalue weighted by atomic mass is 9.74. The van der Waals surface area contributed by atoms with Crippen LogP contribution in [0.1, 0.15) is 31.2 Å². The lowest BCUT2D eigenvalue weighted by Gasteiger charge is -2.38. The van der Waals surface area contributed by atoms with Crippen LogP contribution in [0.5, 0.6) is 0 Å². The van der Waals surface area contributed by atoms with Gasteiger partial charge in [0.1, 0.15) is 0 Å². The van der Waals surface area contributed by atoms with Gasteiger partial charge in [0, 0.05) is 10.0 Å². The number of rotatable bonds is 2. The van der Waals surface area contributed by atoms with E-state index in [9.17, 15) is 13.2 Å². The Morgan fingerprint density at radius 3 is 2.32 bits per heavy atom. The number of hydrogen-bond donors (Lipinski definition) is 1. The predicted octanol–water partition coefficient (Wildman–Crippen LogP) is 4.44. The lowest BCUT2D eigenvalue weighted by molar-refractivity contribution is -0.184. The first-order chi connectivity index (χ1) is 8.80. The summed E-state index contributed by atoms with van der Waals surface area (Å²) >= 11 is 3.46. The smallest absolute Gasteiger partial charge is 0.325 e. The van der Waals surface area contributed by atoms with Crippen LogP contribution in [-0.4, -0.2) is 11.7 Å². The summed E-state index contributed by atoms with van der Waals surface area (Å²) in [5, 5.41) is 0. The van der Waals surface area contributed by atoms with Crippen LogP contribution in [-0.2, 0) is 6.42 Å². The van der Waals surface area contributed by atoms with Crippen LogP contribution in [0.4, 0.5) is 13.2 Å². The van der Waals surface area contributed by atoms with Gasteiger partial charge in [0.15, 0.2) is 0 Å². The van der Waals surface area contributed by atoms with Crippen LogP contribution in [0.3, 0.4) is 0 Å². The van der Waals surface area contributed by atoms with Gasteiger partial charge < -0.3 is 5.73 Å². The maximum atomic E-state index is 12.6. The fourth-order valence-electron chi connectivity index (χ4n) is 2.72. The number of nitrogens with two attached hydrogens (primary N) is 1. The highest BCUT2D eigenvalue weighted by Gasteiger charge is 2.44. The number of hydrogen-bond acceptors (Lipinski definition) is 1. The van der Waals surface area contributed by atoms with E-state index in [1.807, 2.05) is 24.3 Å². The molecule has 2 rings (SSSR count). The molecule has 1 fully saturated rings. The molecule has 0 bridgehead atoms. The van der Waals surface area contributed by atoms with Crippen molar-refractivity contribution in [1.29, 1.82) is 0 Å². The molecule has 0 aliphatic heterocycles. The Balaban J connectivity index is 2.01. The van der Waals surface area contributed by atoms with Crippen LogP contribution in [0.25, 0.3) is 0 Å². The van der Waals surface area contributed by atoms with E-state index >= 15 is 0 Å². The van der Waals surface area contributed by atoms with Crippen molar-refractivity contribution in [1.82, 2.24) is 0 Å². The van der Waals surface area contributed by atoms with Crippen LogP contribution < -0.4 is 5.73 Å². The Hall–Kier alpha value is -0.550. The second-order valence-corrected chi connectivity index (χ2v) is 6.30. The van der Waals surface area contributed by atoms with Crippen LogP contribution in [0, 0.1) is 5.92 Å². The van der Waals surface area contributed by atoms with Crippen molar-refractivity contribution in [2.75, 3.05) is 0 Å². The standard InChI is InChI=1S/C14H17BrF3N/c15-12-4-2-1-3-10(12)9-13(19)7-5-11(6-8-13)14(16,17)18/h1-4,11H,5-9,19H2. The third kappa shape index (κ3) is 3.72. The summed E-state index contributed by atoms with van der Waals surface area (Å²) in [5.41, 5.74) is 6.83. The Morgan fingerprint density at radius 1 is 1.21 bits per heavy atom. The average Bonchev–Trinajstić information content (AvgIpc) is 2.31. The van der Waals surface area contributed by atoms with Gasteiger partial charge in [0.2, 0.25) is 0 Å². The molecule has 0 aromatic heterocycles. The quantitative estimate of drug-likeness (QED) is 0.849. The molecule has 0 heterocycles. The zero-order valence-corrected chi connectivity index (χ0v) is 12.1. The normalized spacial score (nSPS) is 28.4. The highest BCUT2D eigenvalue weighted by Crippen LogP contribution is 2.41. The first-order valence-electron chi connectivity index (χ1n) is 6.39. The maximum absolute atomic E-state index is 12.6. The van der Waals surface area contributed by atoms with Crippen molar-refractivity contribution in [3.05, 3.63) is 34.3 Å². The third-order valence-corrected chi connectivity index (χ3v) is 4.72. The Labute approximate surface area is 119 Å². The van der Waals surface area contributed by atoms with Crippen LogP contribution in [0.2, 0.25) is 0 Å². The molecule has 0 unspecified atom stereocenters. The first-order valence-corrected chi connectivity index (χ1v) is 7.18. The molecule has 1 saturated carbocycles. The third-order valence-electron chi connectivity index (χ3n) is 3.94. The average molecular weight is 336 g/mol. The van der Waals surface area contributed by atoms with Gasteiger partial charge in [-0.1, -0.05) is 34.1 Å². The summed E-state index contributed by atoms with van der Waals surface area (Å²) in [6, 6.07) is 7.73. The van der Waals surface area contributed by atoms with E-state index in [0.717, 1.165) is 10.0 Å². The fourth-order valence-corrected chi connectivity index (χ4v) is 3.14. The van der Waals surface area contributed by atoms with E-state index in [1.165, 1.54) is 0 Å². The summed E-state index contributed by atoms with van der Waals surface area (Å²) in [7, 11) is 0. The van der Waals surface area contributed by atoms with E-state index in [1.54, 1.807) is 0 Å². The van der Waals surface area contributed by atoms with Gasteiger partial charge in [0.05, 0.1) is 5.92 Å². The molecule has 0 amide bonds. The van der Waals surface area contributed by atoms with Gasteiger partial charge in [-0.3, -0.25) is 0 Å². The molecule has 1 aromatic carbocycles. The van der Waals surface area contributed by atoms with Crippen LogP contribution >= 0.6 is 15.9 Å². The molecule has 106 valence electrons. The highest BCUT2D eigenvalue weighted by molar-refractivity contribution is 9.10. The van der Waals surface area contributed by atoms with Crippen LogP contribution in [0.15, 0.2) is 28.7 Å². The molecule has 5 heteroatoms. The molecule has 1 aliphatic rings. The van der Waals surface area contributed by atoms with E-state index in [2.05, 4.69) is 15.9 Å². The maximum Gasteiger partial charge on any atom is 0.391 e. The lowest BCUT2D eigenvalue weighted by Crippen LogP contribution is -2.47. The van der Waals surface area contributed by atoms with E-state index in [0.29, 0.717) is 19.3 Å². The number of halogens is 4. The molecule has 0 radical (unpaired) electrons. The fraction of sp³-hybridized carbons (Fsp3) is 0.571. The zero-order chi connectivity index (χ0) is 14.1. The minimum absolute atomic E-state index is 0.143. The van der Waals surface area contributed by atoms with Crippen molar-refractivity contribution < 1.29 is 13.2 Å². The summed E-state index contributed by atoms with van der Waals surface area (Å²) < 4.78 is 38.9. The van der Waals surface area contributed by atoms with Crippen molar-refractivity contribution in [2.45, 2.75) is 43.8 Å². The van der Waals surface area contributed by atoms with Gasteiger partial charge >= 0.3 is 6.18 Å². The first kappa shape index (κ1) is 14.9. The molecular weight excluding hydrogens is 319 g/mol. The Bertz CT molecular complexity index is 437. The molecule has 0 atom stereocenters. The Morgan fingerprint density at radius 2 is 1.79 bits per heavy atom. The molecule has 2 N–H and O–H groups in total. The second-order valence-electron chi connectivity index (χ2n) is 5.45. The van der Waals surface area contributed by atoms with Gasteiger partial charge in [-0.25, -0.2) is 0 Å². The molecule has 0 saturated heterocycles. The van der Waals surface area contributed by atoms with Crippen molar-refractivity contribution in [2.24, 2.45) is 11.7 Å². The minimum atomic E-state index is -4.07. The molecule has 19 heavy (non-hydrogen) atoms. The summed E-state index contributed by atoms with van der Waals surface area (Å²) in [4.78, 5) is 0. The monoisotopic (exact) mass is 335 g/mol. The van der Waals surface area contributed by atoms with E-state index in [4.69, 9.17) is 5.73 Å². The van der Waals surface area contributed by atoms with Gasteiger partial charge in [0.25, 0.3) is 0 Å². The van der Waals surface area contributed by atoms with Gasteiger partial charge in [-0.15, -0.1) is 0 Å². The zero-order valence-electron chi connectivity index (χ0n) is 10.5. The van der Waals surface area contributed by atoms with E-state index < -0.39 is 17.6 Å².